The number of thiazole rings is 1. The molecule has 0 spiro atoms. The monoisotopic (exact) mass is 525 g/mol. The Labute approximate surface area is 216 Å². The SMILES string of the molecule is CCOC(=O)c1cnc(N2CCC(c3nc(COc4ccc(-n5cnnn5)cc4)cs3)CC2)c(Cl)c1. The Bertz CT molecular complexity index is 1310. The molecule has 0 saturated carbocycles. The number of pyridine rings is 1. The minimum atomic E-state index is -0.415. The van der Waals surface area contributed by atoms with Crippen molar-refractivity contribution < 1.29 is 14.3 Å². The molecule has 186 valence electrons. The lowest BCUT2D eigenvalue weighted by atomic mass is 9.97. The van der Waals surface area contributed by atoms with Gasteiger partial charge < -0.3 is 14.4 Å². The second kappa shape index (κ2) is 11.0. The van der Waals surface area contributed by atoms with Crippen LogP contribution in [-0.4, -0.2) is 55.8 Å². The molecule has 4 aromatic rings. The van der Waals surface area contributed by atoms with E-state index in [-0.39, 0.29) is 0 Å². The van der Waals surface area contributed by atoms with Crippen molar-refractivity contribution in [1.82, 2.24) is 30.2 Å². The van der Waals surface area contributed by atoms with Gasteiger partial charge in [0.2, 0.25) is 0 Å². The summed E-state index contributed by atoms with van der Waals surface area (Å²) in [5.74, 6) is 1.42. The second-order valence-electron chi connectivity index (χ2n) is 8.23. The van der Waals surface area contributed by atoms with Crippen molar-refractivity contribution in [3.8, 4) is 11.4 Å². The molecule has 4 heterocycles. The Morgan fingerprint density at radius 3 is 2.72 bits per heavy atom. The number of esters is 1. The largest absolute Gasteiger partial charge is 0.487 e. The van der Waals surface area contributed by atoms with E-state index in [1.807, 2.05) is 24.3 Å². The Balaban J connectivity index is 1.14. The first kappa shape index (κ1) is 24.1. The summed E-state index contributed by atoms with van der Waals surface area (Å²) in [5.41, 5.74) is 2.14. The fourth-order valence-electron chi connectivity index (χ4n) is 4.04. The molecular weight excluding hydrogens is 502 g/mol. The Morgan fingerprint density at radius 1 is 1.22 bits per heavy atom. The second-order valence-corrected chi connectivity index (χ2v) is 9.52. The zero-order valence-electron chi connectivity index (χ0n) is 19.6. The number of rotatable bonds is 8. The van der Waals surface area contributed by atoms with Crippen molar-refractivity contribution >= 4 is 34.7 Å². The highest BCUT2D eigenvalue weighted by Crippen LogP contribution is 2.34. The fraction of sp³-hybridized carbons (Fsp3) is 0.333. The van der Waals surface area contributed by atoms with Crippen LogP contribution in [0.25, 0.3) is 5.69 Å². The van der Waals surface area contributed by atoms with Crippen LogP contribution in [0.15, 0.2) is 48.2 Å². The first-order valence-electron chi connectivity index (χ1n) is 11.6. The highest BCUT2D eigenvalue weighted by molar-refractivity contribution is 7.09. The molecule has 5 rings (SSSR count). The maximum absolute atomic E-state index is 11.9. The number of hydrogen-bond acceptors (Lipinski definition) is 10. The summed E-state index contributed by atoms with van der Waals surface area (Å²) in [4.78, 5) is 23.3. The third-order valence-corrected chi connectivity index (χ3v) is 7.22. The molecule has 1 aliphatic rings. The minimum absolute atomic E-state index is 0.312. The minimum Gasteiger partial charge on any atom is -0.487 e. The lowest BCUT2D eigenvalue weighted by molar-refractivity contribution is 0.0526. The predicted octanol–water partition coefficient (Wildman–Crippen LogP) is 4.31. The summed E-state index contributed by atoms with van der Waals surface area (Å²) >= 11 is 8.11. The van der Waals surface area contributed by atoms with Crippen molar-refractivity contribution in [2.75, 3.05) is 24.6 Å². The quantitative estimate of drug-likeness (QED) is 0.311. The molecular formula is C24H24ClN7O3S. The van der Waals surface area contributed by atoms with E-state index in [9.17, 15) is 4.79 Å². The molecule has 1 aromatic carbocycles. The van der Waals surface area contributed by atoms with E-state index >= 15 is 0 Å². The van der Waals surface area contributed by atoms with Crippen LogP contribution in [0.3, 0.4) is 0 Å². The first-order chi connectivity index (χ1) is 17.6. The summed E-state index contributed by atoms with van der Waals surface area (Å²) in [6.45, 7) is 4.12. The summed E-state index contributed by atoms with van der Waals surface area (Å²) in [7, 11) is 0. The van der Waals surface area contributed by atoms with Crippen molar-refractivity contribution in [2.45, 2.75) is 32.3 Å². The molecule has 0 aliphatic carbocycles. The third-order valence-electron chi connectivity index (χ3n) is 5.88. The molecule has 0 bridgehead atoms. The average Bonchev–Trinajstić information content (AvgIpc) is 3.61. The molecule has 10 nitrogen and oxygen atoms in total. The van der Waals surface area contributed by atoms with Gasteiger partial charge in [0.15, 0.2) is 0 Å². The van der Waals surface area contributed by atoms with Crippen LogP contribution in [-0.2, 0) is 11.3 Å². The van der Waals surface area contributed by atoms with E-state index in [2.05, 4.69) is 30.8 Å². The number of ether oxygens (including phenoxy) is 2. The number of hydrogen-bond donors (Lipinski definition) is 0. The van der Waals surface area contributed by atoms with E-state index in [0.29, 0.717) is 35.5 Å². The Kier molecular flexibility index (Phi) is 7.38. The third kappa shape index (κ3) is 5.47. The summed E-state index contributed by atoms with van der Waals surface area (Å²) in [6.07, 6.45) is 4.97. The van der Waals surface area contributed by atoms with Gasteiger partial charge in [-0.3, -0.25) is 0 Å². The van der Waals surface area contributed by atoms with E-state index in [1.165, 1.54) is 6.20 Å². The maximum atomic E-state index is 11.9. The van der Waals surface area contributed by atoms with Gasteiger partial charge in [-0.05, 0) is 60.5 Å². The highest BCUT2D eigenvalue weighted by Gasteiger charge is 2.25. The maximum Gasteiger partial charge on any atom is 0.339 e. The topological polar surface area (TPSA) is 108 Å². The van der Waals surface area contributed by atoms with Gasteiger partial charge in [0.25, 0.3) is 0 Å². The van der Waals surface area contributed by atoms with Gasteiger partial charge in [-0.1, -0.05) is 11.6 Å². The zero-order chi connectivity index (χ0) is 24.9. The molecule has 1 fully saturated rings. The fourth-order valence-corrected chi connectivity index (χ4v) is 5.30. The van der Waals surface area contributed by atoms with E-state index in [1.54, 1.807) is 35.3 Å². The van der Waals surface area contributed by atoms with Crippen LogP contribution < -0.4 is 9.64 Å². The molecule has 0 radical (unpaired) electrons. The lowest BCUT2D eigenvalue weighted by Crippen LogP contribution is -2.33. The molecule has 1 saturated heterocycles. The zero-order valence-corrected chi connectivity index (χ0v) is 21.2. The van der Waals surface area contributed by atoms with E-state index in [0.717, 1.165) is 48.1 Å². The number of aromatic nitrogens is 6. The number of piperidine rings is 1. The Hall–Kier alpha value is -3.57. The number of benzene rings is 1. The average molecular weight is 526 g/mol. The first-order valence-corrected chi connectivity index (χ1v) is 12.8. The normalized spacial score (nSPS) is 14.1. The smallest absolute Gasteiger partial charge is 0.339 e. The number of carbonyl (C=O) groups is 1. The van der Waals surface area contributed by atoms with Crippen LogP contribution in [0.4, 0.5) is 5.82 Å². The van der Waals surface area contributed by atoms with E-state index in [4.69, 9.17) is 26.1 Å². The summed E-state index contributed by atoms with van der Waals surface area (Å²) < 4.78 is 12.5. The van der Waals surface area contributed by atoms with E-state index < -0.39 is 5.97 Å². The highest BCUT2D eigenvalue weighted by atomic mass is 35.5. The Morgan fingerprint density at radius 2 is 2.03 bits per heavy atom. The van der Waals surface area contributed by atoms with Crippen LogP contribution >= 0.6 is 22.9 Å². The van der Waals surface area contributed by atoms with Gasteiger partial charge in [-0.25, -0.2) is 19.4 Å². The van der Waals surface area contributed by atoms with Gasteiger partial charge in [-0.2, -0.15) is 0 Å². The number of nitrogens with zero attached hydrogens (tertiary/aromatic N) is 7. The van der Waals surface area contributed by atoms with Gasteiger partial charge in [0, 0.05) is 30.6 Å². The van der Waals surface area contributed by atoms with Crippen molar-refractivity contribution in [3.05, 3.63) is 69.5 Å². The van der Waals surface area contributed by atoms with Gasteiger partial charge in [-0.15, -0.1) is 16.4 Å². The standard InChI is InChI=1S/C24H24ClN7O3S/c1-2-34-24(33)17-11-21(25)22(26-12-17)31-9-7-16(8-10-31)23-28-18(14-36-23)13-35-20-5-3-19(4-6-20)32-15-27-29-30-32/h3-6,11-12,14-16H,2,7-10,13H2,1H3. The molecule has 0 unspecified atom stereocenters. The van der Waals surface area contributed by atoms with Crippen LogP contribution in [0.5, 0.6) is 5.75 Å². The number of tetrazole rings is 1. The van der Waals surface area contributed by atoms with Crippen molar-refractivity contribution in [1.29, 1.82) is 0 Å². The lowest BCUT2D eigenvalue weighted by Gasteiger charge is -2.32. The number of halogens is 1. The van der Waals surface area contributed by atoms with Gasteiger partial charge in [0.05, 0.1) is 33.6 Å². The van der Waals surface area contributed by atoms with Crippen LogP contribution in [0.2, 0.25) is 5.02 Å². The number of anilines is 1. The van der Waals surface area contributed by atoms with Crippen molar-refractivity contribution in [2.24, 2.45) is 0 Å². The summed E-state index contributed by atoms with van der Waals surface area (Å²) in [5, 5.41) is 14.8. The van der Waals surface area contributed by atoms with Gasteiger partial charge in [0.1, 0.15) is 24.5 Å². The predicted molar refractivity (Wildman–Crippen MR) is 135 cm³/mol. The molecule has 3 aromatic heterocycles. The molecule has 12 heteroatoms. The number of carbonyl (C=O) groups excluding carboxylic acids is 1. The van der Waals surface area contributed by atoms with Crippen molar-refractivity contribution in [3.63, 3.8) is 0 Å². The van der Waals surface area contributed by atoms with Crippen LogP contribution in [0.1, 0.15) is 46.7 Å². The molecule has 36 heavy (non-hydrogen) atoms. The molecule has 0 atom stereocenters. The van der Waals surface area contributed by atoms with Gasteiger partial charge >= 0.3 is 5.97 Å². The summed E-state index contributed by atoms with van der Waals surface area (Å²) in [6, 6.07) is 9.20. The molecule has 1 aliphatic heterocycles. The molecule has 0 N–H and O–H groups in total. The van der Waals surface area contributed by atoms with Crippen LogP contribution in [0, 0.1) is 0 Å². The molecule has 0 amide bonds.